The number of hydrogen-bond acceptors (Lipinski definition) is 7. The molecule has 0 fully saturated rings. The van der Waals surface area contributed by atoms with Gasteiger partial charge in [-0.15, -0.1) is 0 Å². The van der Waals surface area contributed by atoms with Gasteiger partial charge < -0.3 is 19.1 Å². The average Bonchev–Trinajstić information content (AvgIpc) is 2.82. The van der Waals surface area contributed by atoms with Crippen LogP contribution in [0.3, 0.4) is 0 Å². The lowest BCUT2D eigenvalue weighted by atomic mass is 10.1. The summed E-state index contributed by atoms with van der Waals surface area (Å²) >= 11 is 5.72. The Kier molecular flexibility index (Phi) is 9.61. The molecule has 0 saturated heterocycles. The average molecular weight is 573 g/mol. The Balaban J connectivity index is 1.57. The molecule has 0 unspecified atom stereocenters. The lowest BCUT2D eigenvalue weighted by Gasteiger charge is -2.17. The first-order valence-corrected chi connectivity index (χ1v) is 13.7. The normalized spacial score (nSPS) is 11.6. The predicted octanol–water partition coefficient (Wildman–Crippen LogP) is 5.57. The van der Waals surface area contributed by atoms with Gasteiger partial charge in [0.25, 0.3) is 5.69 Å². The number of nitro benzene ring substituents is 1. The molecule has 11 nitrogen and oxygen atoms in total. The summed E-state index contributed by atoms with van der Waals surface area (Å²) < 4.78 is 52.8. The standard InChI is InChI=1S/C23H23ClF2N4O7S/c1-38(35,29-23(31)32)13-14-8-16(30(33)34)11-17(9-14)36-6-2-3-7-37-20-10-15(4-5-18(20)25)21-19(26)12-27-22(24)28-21/h4-5,8-12,38H,2-3,6-7,13H2,1H3,(H,29,35)(H,31,32). The molecule has 0 bridgehead atoms. The van der Waals surface area contributed by atoms with E-state index in [1.807, 2.05) is 0 Å². The number of thiol groups is 1. The second kappa shape index (κ2) is 12.7. The van der Waals surface area contributed by atoms with Crippen LogP contribution in [0.5, 0.6) is 11.5 Å². The van der Waals surface area contributed by atoms with E-state index in [0.717, 1.165) is 12.3 Å². The number of unbranched alkanes of at least 4 members (excludes halogenated alkanes) is 1. The zero-order valence-electron chi connectivity index (χ0n) is 19.9. The van der Waals surface area contributed by atoms with Crippen LogP contribution in [-0.2, 0) is 15.9 Å². The molecule has 3 aromatic rings. The van der Waals surface area contributed by atoms with Gasteiger partial charge in [-0.25, -0.2) is 23.5 Å². The highest BCUT2D eigenvalue weighted by atomic mass is 35.5. The smallest absolute Gasteiger partial charge is 0.437 e. The zero-order chi connectivity index (χ0) is 27.9. The van der Waals surface area contributed by atoms with Gasteiger partial charge in [0.1, 0.15) is 11.4 Å². The molecule has 204 valence electrons. The molecular weight excluding hydrogens is 550 g/mol. The molecule has 1 amide bonds. The number of hydrogen-bond donors (Lipinski definition) is 3. The number of carbonyl (C=O) groups is 1. The van der Waals surface area contributed by atoms with Crippen molar-refractivity contribution < 1.29 is 37.6 Å². The van der Waals surface area contributed by atoms with Gasteiger partial charge in [-0.2, -0.15) is 4.36 Å². The van der Waals surface area contributed by atoms with Crippen LogP contribution in [-0.4, -0.2) is 50.1 Å². The number of aromatic nitrogens is 2. The Labute approximate surface area is 221 Å². The molecule has 3 rings (SSSR count). The summed E-state index contributed by atoms with van der Waals surface area (Å²) in [6.07, 6.45) is 1.53. The lowest BCUT2D eigenvalue weighted by molar-refractivity contribution is -0.385. The number of amides is 1. The molecular formula is C23H23ClF2N4O7S. The third-order valence-electron chi connectivity index (χ3n) is 4.93. The SMILES string of the molecule is C[SH](O)(Cc1cc(OCCCCOc2cc(-c3nc(Cl)ncc3F)ccc2F)cc([N+](=O)[O-])c1)=NC(=O)O. The fraction of sp³-hybridized carbons (Fsp3) is 0.261. The molecule has 2 N–H and O–H groups in total. The Bertz CT molecular complexity index is 1400. The Morgan fingerprint density at radius 2 is 1.87 bits per heavy atom. The number of ether oxygens (including phenoxy) is 2. The fourth-order valence-electron chi connectivity index (χ4n) is 3.37. The van der Waals surface area contributed by atoms with E-state index in [9.17, 15) is 28.2 Å². The minimum absolute atomic E-state index is 0.0974. The summed E-state index contributed by atoms with van der Waals surface area (Å²) in [5, 5.41) is 19.9. The molecule has 2 aromatic carbocycles. The first-order valence-electron chi connectivity index (χ1n) is 11.0. The molecule has 0 radical (unpaired) electrons. The van der Waals surface area contributed by atoms with Gasteiger partial charge in [-0.3, -0.25) is 10.1 Å². The fourth-order valence-corrected chi connectivity index (χ4v) is 4.82. The van der Waals surface area contributed by atoms with Crippen molar-refractivity contribution in [2.75, 3.05) is 19.5 Å². The van der Waals surface area contributed by atoms with E-state index in [0.29, 0.717) is 18.4 Å². The minimum Gasteiger partial charge on any atom is -0.493 e. The van der Waals surface area contributed by atoms with Crippen molar-refractivity contribution in [1.82, 2.24) is 9.97 Å². The quantitative estimate of drug-likeness (QED) is 0.0877. The monoisotopic (exact) mass is 572 g/mol. The van der Waals surface area contributed by atoms with Crippen molar-refractivity contribution in [2.24, 2.45) is 4.36 Å². The van der Waals surface area contributed by atoms with Crippen molar-refractivity contribution in [3.8, 4) is 22.8 Å². The second-order valence-corrected chi connectivity index (χ2v) is 11.1. The summed E-state index contributed by atoms with van der Waals surface area (Å²) in [6.45, 7) is 0.239. The number of non-ortho nitro benzene ring substituents is 1. The molecule has 1 aromatic heterocycles. The van der Waals surface area contributed by atoms with Crippen molar-refractivity contribution in [3.05, 3.63) is 75.2 Å². The van der Waals surface area contributed by atoms with E-state index in [1.165, 1.54) is 36.6 Å². The Hall–Kier alpha value is -3.75. The van der Waals surface area contributed by atoms with Gasteiger partial charge in [0.15, 0.2) is 17.4 Å². The number of nitrogens with zero attached hydrogens (tertiary/aromatic N) is 4. The van der Waals surface area contributed by atoms with Crippen LogP contribution in [0.15, 0.2) is 47.0 Å². The van der Waals surface area contributed by atoms with Gasteiger partial charge in [0.2, 0.25) is 5.28 Å². The largest absolute Gasteiger partial charge is 0.493 e. The van der Waals surface area contributed by atoms with E-state index in [-0.39, 0.29) is 52.7 Å². The maximum Gasteiger partial charge on any atom is 0.437 e. The molecule has 0 spiro atoms. The molecule has 1 heterocycles. The van der Waals surface area contributed by atoms with Crippen LogP contribution in [0.2, 0.25) is 5.28 Å². The summed E-state index contributed by atoms with van der Waals surface area (Å²) in [6, 6.07) is 7.65. The molecule has 38 heavy (non-hydrogen) atoms. The van der Waals surface area contributed by atoms with Gasteiger partial charge in [0, 0.05) is 17.4 Å². The van der Waals surface area contributed by atoms with Crippen molar-refractivity contribution in [3.63, 3.8) is 0 Å². The van der Waals surface area contributed by atoms with Crippen LogP contribution in [0.1, 0.15) is 18.4 Å². The number of benzene rings is 2. The first-order chi connectivity index (χ1) is 17.9. The number of nitro groups is 1. The third kappa shape index (κ3) is 8.39. The molecule has 0 aliphatic carbocycles. The molecule has 0 aliphatic rings. The van der Waals surface area contributed by atoms with Crippen LogP contribution in [0.4, 0.5) is 19.3 Å². The van der Waals surface area contributed by atoms with Gasteiger partial charge in [0.05, 0.1) is 30.4 Å². The Morgan fingerprint density at radius 1 is 1.16 bits per heavy atom. The molecule has 0 saturated carbocycles. The van der Waals surface area contributed by atoms with Gasteiger partial charge in [-0.1, -0.05) is 10.1 Å². The van der Waals surface area contributed by atoms with Crippen molar-refractivity contribution in [1.29, 1.82) is 0 Å². The second-order valence-electron chi connectivity index (χ2n) is 8.11. The van der Waals surface area contributed by atoms with Crippen LogP contribution >= 0.6 is 11.6 Å². The van der Waals surface area contributed by atoms with Gasteiger partial charge >= 0.3 is 6.09 Å². The summed E-state index contributed by atoms with van der Waals surface area (Å²) in [7, 11) is -3.23. The van der Waals surface area contributed by atoms with E-state index < -0.39 is 32.8 Å². The highest BCUT2D eigenvalue weighted by Crippen LogP contribution is 2.28. The summed E-state index contributed by atoms with van der Waals surface area (Å²) in [4.78, 5) is 28.8. The third-order valence-corrected chi connectivity index (χ3v) is 6.68. The number of carboxylic acid groups (broad SMARTS) is 1. The minimum atomic E-state index is -3.23. The zero-order valence-corrected chi connectivity index (χ0v) is 21.5. The Morgan fingerprint density at radius 3 is 2.55 bits per heavy atom. The summed E-state index contributed by atoms with van der Waals surface area (Å²) in [5.74, 6) is -1.50. The topological polar surface area (TPSA) is 157 Å². The van der Waals surface area contributed by atoms with E-state index in [1.54, 1.807) is 0 Å². The predicted molar refractivity (Wildman–Crippen MR) is 137 cm³/mol. The van der Waals surface area contributed by atoms with Crippen molar-refractivity contribution in [2.45, 2.75) is 18.6 Å². The highest BCUT2D eigenvalue weighted by molar-refractivity contribution is 7.98. The number of rotatable bonds is 11. The molecule has 0 aliphatic heterocycles. The molecule has 15 heteroatoms. The first kappa shape index (κ1) is 28.8. The van der Waals surface area contributed by atoms with E-state index in [2.05, 4.69) is 14.3 Å². The van der Waals surface area contributed by atoms with Crippen LogP contribution < -0.4 is 9.47 Å². The number of halogens is 3. The van der Waals surface area contributed by atoms with Crippen molar-refractivity contribution >= 4 is 33.5 Å². The van der Waals surface area contributed by atoms with Gasteiger partial charge in [-0.05, 0) is 60.5 Å². The van der Waals surface area contributed by atoms with E-state index >= 15 is 0 Å². The highest BCUT2D eigenvalue weighted by Gasteiger charge is 2.15. The summed E-state index contributed by atoms with van der Waals surface area (Å²) in [5.41, 5.74) is 0.177. The maximum absolute atomic E-state index is 14.2. The van der Waals surface area contributed by atoms with E-state index in [4.69, 9.17) is 26.2 Å². The lowest BCUT2D eigenvalue weighted by Crippen LogP contribution is -2.13. The van der Waals surface area contributed by atoms with Crippen LogP contribution in [0, 0.1) is 21.7 Å². The molecule has 0 atom stereocenters. The maximum atomic E-state index is 14.2. The van der Waals surface area contributed by atoms with Crippen LogP contribution in [0.25, 0.3) is 11.3 Å².